The largest absolute Gasteiger partial charge is 0.366 e. The molecule has 110 valence electrons. The lowest BCUT2D eigenvalue weighted by Crippen LogP contribution is -2.10. The van der Waals surface area contributed by atoms with E-state index in [2.05, 4.69) is 5.32 Å². The number of hydrogen-bond acceptors (Lipinski definition) is 6. The maximum Gasteiger partial charge on any atom is 0.269 e. The highest BCUT2D eigenvalue weighted by Crippen LogP contribution is 2.38. The Balaban J connectivity index is 1.87. The van der Waals surface area contributed by atoms with Crippen molar-refractivity contribution >= 4 is 35.2 Å². The van der Waals surface area contributed by atoms with Crippen molar-refractivity contribution in [1.82, 2.24) is 0 Å². The zero-order valence-corrected chi connectivity index (χ0v) is 12.0. The van der Waals surface area contributed by atoms with Gasteiger partial charge in [-0.2, -0.15) is 0 Å². The number of thioether (sulfide) groups is 1. The van der Waals surface area contributed by atoms with E-state index in [4.69, 9.17) is 0 Å². The van der Waals surface area contributed by atoms with Gasteiger partial charge in [0.25, 0.3) is 5.69 Å². The Morgan fingerprint density at radius 3 is 2.50 bits per heavy atom. The number of ketones is 1. The first-order valence-corrected chi connectivity index (χ1v) is 7.28. The van der Waals surface area contributed by atoms with Crippen molar-refractivity contribution in [2.24, 2.45) is 0 Å². The van der Waals surface area contributed by atoms with Crippen LogP contribution in [0.3, 0.4) is 0 Å². The highest BCUT2D eigenvalue weighted by molar-refractivity contribution is 8.01. The molecule has 0 radical (unpaired) electrons. The Bertz CT molecular complexity index is 774. The van der Waals surface area contributed by atoms with Crippen LogP contribution in [-0.2, 0) is 4.79 Å². The number of rotatable bonds is 4. The van der Waals surface area contributed by atoms with Crippen molar-refractivity contribution < 1.29 is 14.5 Å². The monoisotopic (exact) mass is 314 g/mol. The molecule has 0 aromatic heterocycles. The summed E-state index contributed by atoms with van der Waals surface area (Å²) in [6.07, 6.45) is 0.808. The second-order valence-electron chi connectivity index (χ2n) is 4.66. The molecule has 1 N–H and O–H groups in total. The minimum Gasteiger partial charge on any atom is -0.366 e. The van der Waals surface area contributed by atoms with E-state index in [1.807, 2.05) is 0 Å². The average Bonchev–Trinajstić information content (AvgIpc) is 2.96. The third-order valence-electron chi connectivity index (χ3n) is 3.26. The van der Waals surface area contributed by atoms with Gasteiger partial charge in [-0.25, -0.2) is 0 Å². The molecule has 1 atom stereocenters. The number of aldehydes is 1. The van der Waals surface area contributed by atoms with E-state index in [1.54, 1.807) is 18.2 Å². The number of benzene rings is 2. The predicted molar refractivity (Wildman–Crippen MR) is 82.3 cm³/mol. The Morgan fingerprint density at radius 2 is 1.86 bits per heavy atom. The molecule has 0 bridgehead atoms. The number of nitro groups is 1. The summed E-state index contributed by atoms with van der Waals surface area (Å²) in [5.74, 6) is -0.215. The van der Waals surface area contributed by atoms with Gasteiger partial charge in [-0.1, -0.05) is 11.8 Å². The third-order valence-corrected chi connectivity index (χ3v) is 4.33. The van der Waals surface area contributed by atoms with E-state index in [0.29, 0.717) is 11.1 Å². The summed E-state index contributed by atoms with van der Waals surface area (Å²) in [6, 6.07) is 10.6. The normalized spacial score (nSPS) is 15.7. The van der Waals surface area contributed by atoms with Crippen molar-refractivity contribution in [3.05, 3.63) is 63.7 Å². The number of carbonyl (C=O) groups is 2. The van der Waals surface area contributed by atoms with Crippen LogP contribution in [0.15, 0.2) is 47.4 Å². The molecule has 2 aromatic carbocycles. The lowest BCUT2D eigenvalue weighted by molar-refractivity contribution is -0.384. The summed E-state index contributed by atoms with van der Waals surface area (Å²) in [5.41, 5.74) is 1.63. The molecule has 0 amide bonds. The molecule has 6 nitrogen and oxygen atoms in total. The minimum absolute atomic E-state index is 0.0564. The first kappa shape index (κ1) is 14.3. The molecule has 7 heteroatoms. The molecular weight excluding hydrogens is 304 g/mol. The molecule has 1 heterocycles. The van der Waals surface area contributed by atoms with E-state index in [0.717, 1.165) is 16.9 Å². The average molecular weight is 314 g/mol. The number of nitrogens with one attached hydrogen (secondary N) is 1. The molecule has 1 unspecified atom stereocenters. The highest BCUT2D eigenvalue weighted by Gasteiger charge is 2.22. The fraction of sp³-hybridized carbons (Fsp3) is 0.0667. The first-order chi connectivity index (χ1) is 10.6. The number of anilines is 1. The van der Waals surface area contributed by atoms with Crippen LogP contribution in [0, 0.1) is 10.1 Å². The summed E-state index contributed by atoms with van der Waals surface area (Å²) in [4.78, 5) is 34.2. The smallest absolute Gasteiger partial charge is 0.269 e. The summed E-state index contributed by atoms with van der Waals surface area (Å²) in [6.45, 7) is 0. The van der Waals surface area contributed by atoms with Gasteiger partial charge in [-0.05, 0) is 30.3 Å². The SMILES string of the molecule is O=CC1Nc2ccc(C(=O)c3ccc([N+](=O)[O-])cc3)cc2S1. The van der Waals surface area contributed by atoms with Gasteiger partial charge >= 0.3 is 0 Å². The molecule has 0 aliphatic carbocycles. The van der Waals surface area contributed by atoms with Gasteiger partial charge in [-0.15, -0.1) is 0 Å². The fourth-order valence-corrected chi connectivity index (χ4v) is 3.13. The van der Waals surface area contributed by atoms with Crippen LogP contribution in [0.2, 0.25) is 0 Å². The number of nitrogens with zero attached hydrogens (tertiary/aromatic N) is 1. The lowest BCUT2D eigenvalue weighted by Gasteiger charge is -2.04. The Labute approximate surface area is 129 Å². The molecule has 0 spiro atoms. The Hall–Kier alpha value is -2.67. The summed E-state index contributed by atoms with van der Waals surface area (Å²) < 4.78 is 0. The van der Waals surface area contributed by atoms with E-state index in [1.165, 1.54) is 36.0 Å². The highest BCUT2D eigenvalue weighted by atomic mass is 32.2. The van der Waals surface area contributed by atoms with E-state index in [-0.39, 0.29) is 16.8 Å². The molecule has 0 saturated heterocycles. The quantitative estimate of drug-likeness (QED) is 0.404. The number of carbonyl (C=O) groups excluding carboxylic acids is 2. The number of fused-ring (bicyclic) bond motifs is 1. The number of hydrogen-bond donors (Lipinski definition) is 1. The first-order valence-electron chi connectivity index (χ1n) is 6.40. The van der Waals surface area contributed by atoms with Crippen LogP contribution in [0.25, 0.3) is 0 Å². The molecule has 0 fully saturated rings. The molecule has 1 aliphatic rings. The van der Waals surface area contributed by atoms with Crippen LogP contribution in [0.4, 0.5) is 11.4 Å². The standard InChI is InChI=1S/C15H10N2O4S/c18-8-14-16-12-6-3-10(7-13(12)22-14)15(19)9-1-4-11(5-2-9)17(20)21/h1-8,14,16H. The van der Waals surface area contributed by atoms with Crippen LogP contribution in [0.1, 0.15) is 15.9 Å². The molecular formula is C15H10N2O4S. The number of nitro benzene ring substituents is 1. The maximum absolute atomic E-state index is 12.4. The zero-order valence-electron chi connectivity index (χ0n) is 11.2. The van der Waals surface area contributed by atoms with Crippen LogP contribution in [0.5, 0.6) is 0 Å². The topological polar surface area (TPSA) is 89.3 Å². The maximum atomic E-state index is 12.4. The van der Waals surface area contributed by atoms with Crippen molar-refractivity contribution in [1.29, 1.82) is 0 Å². The van der Waals surface area contributed by atoms with Gasteiger partial charge < -0.3 is 10.1 Å². The van der Waals surface area contributed by atoms with Crippen LogP contribution < -0.4 is 5.32 Å². The number of non-ortho nitro benzene ring substituents is 1. The van der Waals surface area contributed by atoms with E-state index < -0.39 is 4.92 Å². The predicted octanol–water partition coefficient (Wildman–Crippen LogP) is 2.87. The van der Waals surface area contributed by atoms with Gasteiger partial charge in [0.05, 0.1) is 4.92 Å². The molecule has 0 saturated carbocycles. The molecule has 22 heavy (non-hydrogen) atoms. The Kier molecular flexibility index (Phi) is 3.64. The third kappa shape index (κ3) is 2.58. The van der Waals surface area contributed by atoms with Gasteiger partial charge in [0.15, 0.2) is 12.1 Å². The van der Waals surface area contributed by atoms with Gasteiger partial charge in [-0.3, -0.25) is 14.9 Å². The van der Waals surface area contributed by atoms with Crippen molar-refractivity contribution in [3.8, 4) is 0 Å². The molecule has 1 aliphatic heterocycles. The minimum atomic E-state index is -0.508. The molecule has 2 aromatic rings. The Morgan fingerprint density at radius 1 is 1.18 bits per heavy atom. The van der Waals surface area contributed by atoms with Crippen molar-refractivity contribution in [2.45, 2.75) is 10.3 Å². The van der Waals surface area contributed by atoms with Crippen molar-refractivity contribution in [2.75, 3.05) is 5.32 Å². The summed E-state index contributed by atoms with van der Waals surface area (Å²) in [5, 5.41) is 13.3. The van der Waals surface area contributed by atoms with Gasteiger partial charge in [0.1, 0.15) is 5.37 Å². The second kappa shape index (κ2) is 5.61. The summed E-state index contributed by atoms with van der Waals surface area (Å²) >= 11 is 1.35. The zero-order chi connectivity index (χ0) is 15.7. The van der Waals surface area contributed by atoms with Crippen molar-refractivity contribution in [3.63, 3.8) is 0 Å². The van der Waals surface area contributed by atoms with Crippen LogP contribution >= 0.6 is 11.8 Å². The lowest BCUT2D eigenvalue weighted by atomic mass is 10.0. The second-order valence-corrected chi connectivity index (χ2v) is 5.85. The van der Waals surface area contributed by atoms with Crippen LogP contribution in [-0.4, -0.2) is 22.4 Å². The molecule has 3 rings (SSSR count). The van der Waals surface area contributed by atoms with E-state index in [9.17, 15) is 19.7 Å². The fourth-order valence-electron chi connectivity index (χ4n) is 2.16. The summed E-state index contributed by atoms with van der Waals surface area (Å²) in [7, 11) is 0. The van der Waals surface area contributed by atoms with E-state index >= 15 is 0 Å². The van der Waals surface area contributed by atoms with Gasteiger partial charge in [0, 0.05) is 33.8 Å². The van der Waals surface area contributed by atoms with Gasteiger partial charge in [0.2, 0.25) is 0 Å².